The highest BCUT2D eigenvalue weighted by Gasteiger charge is 2.40. The Morgan fingerprint density at radius 1 is 1.22 bits per heavy atom. The van der Waals surface area contributed by atoms with E-state index in [4.69, 9.17) is 10.5 Å². The fourth-order valence-electron chi connectivity index (χ4n) is 3.52. The number of ether oxygens (including phenoxy) is 1. The molecule has 0 amide bonds. The summed E-state index contributed by atoms with van der Waals surface area (Å²) >= 11 is 0. The molecule has 2 nitrogen and oxygen atoms in total. The fourth-order valence-corrected chi connectivity index (χ4v) is 3.52. The van der Waals surface area contributed by atoms with E-state index in [2.05, 4.69) is 25.1 Å². The number of hydrogen-bond acceptors (Lipinski definition) is 2. The summed E-state index contributed by atoms with van der Waals surface area (Å²) in [6.45, 7) is 2.36. The van der Waals surface area contributed by atoms with Crippen molar-refractivity contribution in [1.82, 2.24) is 0 Å². The van der Waals surface area contributed by atoms with Crippen LogP contribution in [-0.2, 0) is 0 Å². The Hall–Kier alpha value is -1.02. The molecule has 1 aliphatic carbocycles. The molecule has 98 valence electrons. The quantitative estimate of drug-likeness (QED) is 0.754. The van der Waals surface area contributed by atoms with Crippen molar-refractivity contribution in [3.8, 4) is 5.75 Å². The van der Waals surface area contributed by atoms with Gasteiger partial charge >= 0.3 is 0 Å². The molecule has 0 bridgehead atoms. The van der Waals surface area contributed by atoms with Gasteiger partial charge in [-0.15, -0.1) is 0 Å². The summed E-state index contributed by atoms with van der Waals surface area (Å²) in [7, 11) is 0. The second-order valence-electron chi connectivity index (χ2n) is 6.17. The summed E-state index contributed by atoms with van der Waals surface area (Å²) in [6.07, 6.45) is 7.19. The molecule has 3 atom stereocenters. The first-order valence-corrected chi connectivity index (χ1v) is 7.22. The SMILES string of the molecule is CC1CCCC2(CC1)C[C@H](N)c1ccccc1O2. The molecule has 1 fully saturated rings. The Balaban J connectivity index is 1.88. The first-order chi connectivity index (χ1) is 8.69. The molecule has 1 aliphatic heterocycles. The smallest absolute Gasteiger partial charge is 0.124 e. The lowest BCUT2D eigenvalue weighted by atomic mass is 9.82. The minimum absolute atomic E-state index is 0.0124. The van der Waals surface area contributed by atoms with Crippen molar-refractivity contribution < 1.29 is 4.74 Å². The summed E-state index contributed by atoms with van der Waals surface area (Å²) in [5.74, 6) is 1.85. The molecular weight excluding hydrogens is 222 g/mol. The predicted molar refractivity (Wildman–Crippen MR) is 73.6 cm³/mol. The van der Waals surface area contributed by atoms with Gasteiger partial charge in [0.25, 0.3) is 0 Å². The molecule has 18 heavy (non-hydrogen) atoms. The van der Waals surface area contributed by atoms with Gasteiger partial charge in [0.05, 0.1) is 0 Å². The van der Waals surface area contributed by atoms with Crippen LogP contribution in [0.4, 0.5) is 0 Å². The van der Waals surface area contributed by atoms with E-state index in [0.717, 1.165) is 24.5 Å². The maximum absolute atomic E-state index is 6.38. The molecule has 1 saturated carbocycles. The summed E-state index contributed by atoms with van der Waals surface area (Å²) in [4.78, 5) is 0. The number of nitrogens with two attached hydrogens (primary N) is 1. The Kier molecular flexibility index (Phi) is 3.06. The third-order valence-electron chi connectivity index (χ3n) is 4.66. The van der Waals surface area contributed by atoms with E-state index in [1.807, 2.05) is 6.07 Å². The van der Waals surface area contributed by atoms with Gasteiger partial charge in [-0.2, -0.15) is 0 Å². The number of rotatable bonds is 0. The number of benzene rings is 1. The van der Waals surface area contributed by atoms with Crippen LogP contribution >= 0.6 is 0 Å². The molecule has 2 unspecified atom stereocenters. The second kappa shape index (κ2) is 4.58. The Bertz CT molecular complexity index is 431. The summed E-state index contributed by atoms with van der Waals surface area (Å²) in [5.41, 5.74) is 7.55. The zero-order chi connectivity index (χ0) is 12.6. The Morgan fingerprint density at radius 3 is 2.94 bits per heavy atom. The van der Waals surface area contributed by atoms with Gasteiger partial charge in [-0.25, -0.2) is 0 Å². The molecule has 0 aromatic heterocycles. The highest BCUT2D eigenvalue weighted by atomic mass is 16.5. The van der Waals surface area contributed by atoms with Crippen LogP contribution in [0, 0.1) is 5.92 Å². The maximum Gasteiger partial charge on any atom is 0.124 e. The van der Waals surface area contributed by atoms with E-state index < -0.39 is 0 Å². The van der Waals surface area contributed by atoms with Gasteiger partial charge in [-0.1, -0.05) is 31.5 Å². The first-order valence-electron chi connectivity index (χ1n) is 7.22. The lowest BCUT2D eigenvalue weighted by Gasteiger charge is -2.41. The molecule has 0 saturated heterocycles. The van der Waals surface area contributed by atoms with Crippen LogP contribution in [-0.4, -0.2) is 5.60 Å². The van der Waals surface area contributed by atoms with Gasteiger partial charge in [0.2, 0.25) is 0 Å². The molecule has 0 radical (unpaired) electrons. The summed E-state index contributed by atoms with van der Waals surface area (Å²) < 4.78 is 6.38. The molecule has 1 heterocycles. The minimum Gasteiger partial charge on any atom is -0.487 e. The van der Waals surface area contributed by atoms with Crippen molar-refractivity contribution in [3.05, 3.63) is 29.8 Å². The Morgan fingerprint density at radius 2 is 2.06 bits per heavy atom. The first kappa shape index (κ1) is 12.0. The van der Waals surface area contributed by atoms with Gasteiger partial charge in [-0.3, -0.25) is 0 Å². The van der Waals surface area contributed by atoms with Crippen molar-refractivity contribution in [2.75, 3.05) is 0 Å². The average Bonchev–Trinajstić information content (AvgIpc) is 2.53. The largest absolute Gasteiger partial charge is 0.487 e. The molecule has 1 aromatic carbocycles. The molecule has 2 heteroatoms. The van der Waals surface area contributed by atoms with Gasteiger partial charge < -0.3 is 10.5 Å². The molecule has 1 aromatic rings. The van der Waals surface area contributed by atoms with E-state index in [0.29, 0.717) is 0 Å². The van der Waals surface area contributed by atoms with Crippen LogP contribution in [0.1, 0.15) is 57.1 Å². The number of para-hydroxylation sites is 1. The van der Waals surface area contributed by atoms with Crippen LogP contribution in [0.3, 0.4) is 0 Å². The van der Waals surface area contributed by atoms with Crippen molar-refractivity contribution in [2.24, 2.45) is 11.7 Å². The molecule has 2 aliphatic rings. The van der Waals surface area contributed by atoms with E-state index in [1.54, 1.807) is 0 Å². The lowest BCUT2D eigenvalue weighted by molar-refractivity contribution is 0.0205. The predicted octanol–water partition coefficient (Wildman–Crippen LogP) is 3.81. The summed E-state index contributed by atoms with van der Waals surface area (Å²) in [5, 5.41) is 0. The fraction of sp³-hybridized carbons (Fsp3) is 0.625. The highest BCUT2D eigenvalue weighted by molar-refractivity contribution is 5.38. The molecule has 2 N–H and O–H groups in total. The van der Waals surface area contributed by atoms with Gasteiger partial charge in [0.1, 0.15) is 11.4 Å². The van der Waals surface area contributed by atoms with Crippen LogP contribution in [0.2, 0.25) is 0 Å². The van der Waals surface area contributed by atoms with Crippen LogP contribution in [0.15, 0.2) is 24.3 Å². The van der Waals surface area contributed by atoms with Crippen molar-refractivity contribution in [3.63, 3.8) is 0 Å². The van der Waals surface area contributed by atoms with E-state index in [-0.39, 0.29) is 11.6 Å². The van der Waals surface area contributed by atoms with Gasteiger partial charge in [0, 0.05) is 18.0 Å². The van der Waals surface area contributed by atoms with Gasteiger partial charge in [0.15, 0.2) is 0 Å². The van der Waals surface area contributed by atoms with Crippen LogP contribution in [0.25, 0.3) is 0 Å². The maximum atomic E-state index is 6.38. The van der Waals surface area contributed by atoms with Crippen molar-refractivity contribution in [2.45, 2.75) is 57.1 Å². The van der Waals surface area contributed by atoms with Crippen LogP contribution < -0.4 is 10.5 Å². The second-order valence-corrected chi connectivity index (χ2v) is 6.17. The lowest BCUT2D eigenvalue weighted by Crippen LogP contribution is -2.42. The minimum atomic E-state index is 0.0124. The molecule has 3 rings (SSSR count). The third-order valence-corrected chi connectivity index (χ3v) is 4.66. The van der Waals surface area contributed by atoms with Crippen molar-refractivity contribution in [1.29, 1.82) is 0 Å². The zero-order valence-electron chi connectivity index (χ0n) is 11.2. The Labute approximate surface area is 110 Å². The van der Waals surface area contributed by atoms with Crippen molar-refractivity contribution >= 4 is 0 Å². The average molecular weight is 245 g/mol. The summed E-state index contributed by atoms with van der Waals surface area (Å²) in [6, 6.07) is 8.42. The monoisotopic (exact) mass is 245 g/mol. The molecular formula is C16H23NO. The zero-order valence-corrected chi connectivity index (χ0v) is 11.2. The van der Waals surface area contributed by atoms with Crippen LogP contribution in [0.5, 0.6) is 5.75 Å². The normalized spacial score (nSPS) is 35.7. The van der Waals surface area contributed by atoms with E-state index in [1.165, 1.54) is 31.2 Å². The van der Waals surface area contributed by atoms with E-state index >= 15 is 0 Å². The van der Waals surface area contributed by atoms with Gasteiger partial charge in [-0.05, 0) is 37.7 Å². The molecule has 1 spiro atoms. The highest BCUT2D eigenvalue weighted by Crippen LogP contribution is 2.45. The third kappa shape index (κ3) is 2.14. The number of hydrogen-bond donors (Lipinski definition) is 1. The topological polar surface area (TPSA) is 35.2 Å². The standard InChI is InChI=1S/C16H23NO/c1-12-5-4-9-16(10-8-12)11-14(17)13-6-2-3-7-15(13)18-16/h2-3,6-7,12,14H,4-5,8-11,17H2,1H3/t12?,14-,16?/m0/s1. The van der Waals surface area contributed by atoms with E-state index in [9.17, 15) is 0 Å². The number of fused-ring (bicyclic) bond motifs is 1.